The highest BCUT2D eigenvalue weighted by Crippen LogP contribution is 2.37. The molecule has 1 aliphatic rings. The molecule has 0 aromatic carbocycles. The van der Waals surface area contributed by atoms with E-state index in [0.29, 0.717) is 0 Å². The standard InChI is InChI=1S/C7H7BrF6O2/c8-3-1-15-2-4(3)16-5(6(9,10)11)7(12,13)14/h3-5H,1-2H2. The van der Waals surface area contributed by atoms with Gasteiger partial charge in [-0.3, -0.25) is 0 Å². The fraction of sp³-hybridized carbons (Fsp3) is 1.00. The minimum atomic E-state index is -5.48. The number of halogens is 7. The van der Waals surface area contributed by atoms with E-state index in [1.165, 1.54) is 0 Å². The SMILES string of the molecule is FC(F)(F)C(OC1COCC1Br)C(F)(F)F. The van der Waals surface area contributed by atoms with Crippen LogP contribution in [0.4, 0.5) is 26.3 Å². The second kappa shape index (κ2) is 4.69. The Hall–Kier alpha value is -0.0200. The fourth-order valence-corrected chi connectivity index (χ4v) is 1.61. The van der Waals surface area contributed by atoms with Crippen LogP contribution >= 0.6 is 15.9 Å². The molecular weight excluding hydrogens is 310 g/mol. The van der Waals surface area contributed by atoms with Gasteiger partial charge in [0.05, 0.1) is 24.1 Å². The third-order valence-corrected chi connectivity index (χ3v) is 2.72. The van der Waals surface area contributed by atoms with E-state index in [1.807, 2.05) is 0 Å². The van der Waals surface area contributed by atoms with Gasteiger partial charge in [-0.1, -0.05) is 15.9 Å². The average molecular weight is 317 g/mol. The minimum absolute atomic E-state index is 0.0209. The molecule has 2 nitrogen and oxygen atoms in total. The molecule has 0 bridgehead atoms. The highest BCUT2D eigenvalue weighted by molar-refractivity contribution is 9.09. The predicted octanol–water partition coefficient (Wildman–Crippen LogP) is 2.66. The summed E-state index contributed by atoms with van der Waals surface area (Å²) in [5.41, 5.74) is 0. The van der Waals surface area contributed by atoms with E-state index >= 15 is 0 Å². The maximum Gasteiger partial charge on any atom is 0.423 e. The van der Waals surface area contributed by atoms with Gasteiger partial charge in [-0.25, -0.2) is 0 Å². The number of hydrogen-bond donors (Lipinski definition) is 0. The summed E-state index contributed by atoms with van der Waals surface area (Å²) in [7, 11) is 0. The second-order valence-electron chi connectivity index (χ2n) is 3.19. The zero-order chi connectivity index (χ0) is 12.6. The Morgan fingerprint density at radius 3 is 1.88 bits per heavy atom. The van der Waals surface area contributed by atoms with E-state index in [-0.39, 0.29) is 13.2 Å². The molecule has 2 atom stereocenters. The topological polar surface area (TPSA) is 18.5 Å². The molecule has 0 radical (unpaired) electrons. The summed E-state index contributed by atoms with van der Waals surface area (Å²) in [5.74, 6) is 0. The molecule has 16 heavy (non-hydrogen) atoms. The van der Waals surface area contributed by atoms with Crippen LogP contribution in [0, 0.1) is 0 Å². The fourth-order valence-electron chi connectivity index (χ4n) is 1.15. The zero-order valence-electron chi connectivity index (χ0n) is 7.61. The quantitative estimate of drug-likeness (QED) is 0.576. The van der Waals surface area contributed by atoms with Gasteiger partial charge in [0, 0.05) is 0 Å². The van der Waals surface area contributed by atoms with Gasteiger partial charge in [0.15, 0.2) is 0 Å². The van der Waals surface area contributed by atoms with Crippen LogP contribution < -0.4 is 0 Å². The van der Waals surface area contributed by atoms with Gasteiger partial charge in [0.1, 0.15) is 0 Å². The molecule has 96 valence electrons. The van der Waals surface area contributed by atoms with Crippen LogP contribution in [0.5, 0.6) is 0 Å². The van der Waals surface area contributed by atoms with E-state index in [1.54, 1.807) is 0 Å². The first kappa shape index (κ1) is 14.0. The summed E-state index contributed by atoms with van der Waals surface area (Å²) < 4.78 is 81.3. The van der Waals surface area contributed by atoms with Gasteiger partial charge in [-0.2, -0.15) is 26.3 Å². The van der Waals surface area contributed by atoms with E-state index in [0.717, 1.165) is 0 Å². The molecule has 2 unspecified atom stereocenters. The molecule has 1 fully saturated rings. The third kappa shape index (κ3) is 3.49. The molecule has 0 N–H and O–H groups in total. The van der Waals surface area contributed by atoms with Gasteiger partial charge in [0.2, 0.25) is 6.10 Å². The van der Waals surface area contributed by atoms with Crippen molar-refractivity contribution in [3.63, 3.8) is 0 Å². The van der Waals surface area contributed by atoms with Crippen molar-refractivity contribution in [1.29, 1.82) is 0 Å². The van der Waals surface area contributed by atoms with Crippen LogP contribution in [0.1, 0.15) is 0 Å². The monoisotopic (exact) mass is 316 g/mol. The Morgan fingerprint density at radius 2 is 1.56 bits per heavy atom. The van der Waals surface area contributed by atoms with Gasteiger partial charge < -0.3 is 9.47 Å². The van der Waals surface area contributed by atoms with Crippen LogP contribution in [0.15, 0.2) is 0 Å². The highest BCUT2D eigenvalue weighted by atomic mass is 79.9. The van der Waals surface area contributed by atoms with Crippen molar-refractivity contribution in [2.75, 3.05) is 13.2 Å². The van der Waals surface area contributed by atoms with Crippen LogP contribution in [0.2, 0.25) is 0 Å². The molecule has 1 rings (SSSR count). The molecule has 0 amide bonds. The lowest BCUT2D eigenvalue weighted by molar-refractivity contribution is -0.329. The van der Waals surface area contributed by atoms with E-state index in [4.69, 9.17) is 0 Å². The largest absolute Gasteiger partial charge is 0.423 e. The van der Waals surface area contributed by atoms with E-state index in [2.05, 4.69) is 25.4 Å². The number of rotatable bonds is 2. The lowest BCUT2D eigenvalue weighted by Crippen LogP contribution is -2.47. The lowest BCUT2D eigenvalue weighted by atomic mass is 10.3. The van der Waals surface area contributed by atoms with Gasteiger partial charge in [-0.15, -0.1) is 0 Å². The Labute approximate surface area is 95.0 Å². The molecule has 1 heterocycles. The van der Waals surface area contributed by atoms with Crippen molar-refractivity contribution in [3.8, 4) is 0 Å². The van der Waals surface area contributed by atoms with Crippen molar-refractivity contribution >= 4 is 15.9 Å². The lowest BCUT2D eigenvalue weighted by Gasteiger charge is -2.26. The summed E-state index contributed by atoms with van der Waals surface area (Å²) in [5, 5.41) is 0. The van der Waals surface area contributed by atoms with Crippen molar-refractivity contribution < 1.29 is 35.8 Å². The first-order valence-corrected chi connectivity index (χ1v) is 5.04. The van der Waals surface area contributed by atoms with Gasteiger partial charge >= 0.3 is 12.4 Å². The highest BCUT2D eigenvalue weighted by Gasteiger charge is 2.59. The Bertz CT molecular complexity index is 226. The van der Waals surface area contributed by atoms with Crippen LogP contribution in [-0.2, 0) is 9.47 Å². The number of ether oxygens (including phenoxy) is 2. The van der Waals surface area contributed by atoms with Crippen molar-refractivity contribution in [2.24, 2.45) is 0 Å². The summed E-state index contributed by atoms with van der Waals surface area (Å²) in [6.07, 6.45) is -16.0. The number of alkyl halides is 7. The molecule has 0 saturated carbocycles. The maximum atomic E-state index is 12.1. The molecule has 1 aliphatic heterocycles. The van der Waals surface area contributed by atoms with Crippen LogP contribution in [-0.4, -0.2) is 42.6 Å². The molecule has 0 aromatic heterocycles. The van der Waals surface area contributed by atoms with Crippen LogP contribution in [0.3, 0.4) is 0 Å². The van der Waals surface area contributed by atoms with Crippen molar-refractivity contribution in [2.45, 2.75) is 29.4 Å². The molecule has 0 aromatic rings. The maximum absolute atomic E-state index is 12.1. The van der Waals surface area contributed by atoms with E-state index < -0.39 is 29.4 Å². The predicted molar refractivity (Wildman–Crippen MR) is 44.3 cm³/mol. The first-order valence-electron chi connectivity index (χ1n) is 4.13. The minimum Gasteiger partial charge on any atom is -0.377 e. The van der Waals surface area contributed by atoms with Gasteiger partial charge in [-0.05, 0) is 0 Å². The first-order chi connectivity index (χ1) is 7.12. The van der Waals surface area contributed by atoms with Crippen molar-refractivity contribution in [3.05, 3.63) is 0 Å². The van der Waals surface area contributed by atoms with E-state index in [9.17, 15) is 26.3 Å². The molecule has 0 spiro atoms. The molecule has 9 heteroatoms. The van der Waals surface area contributed by atoms with Crippen LogP contribution in [0.25, 0.3) is 0 Å². The Balaban J connectivity index is 2.72. The number of hydrogen-bond acceptors (Lipinski definition) is 2. The molecule has 0 aliphatic carbocycles. The Morgan fingerprint density at radius 1 is 1.06 bits per heavy atom. The summed E-state index contributed by atoms with van der Waals surface area (Å²) in [4.78, 5) is -0.667. The van der Waals surface area contributed by atoms with Gasteiger partial charge in [0.25, 0.3) is 0 Å². The average Bonchev–Trinajstić information content (AvgIpc) is 2.42. The summed E-state index contributed by atoms with van der Waals surface area (Å²) >= 11 is 2.88. The van der Waals surface area contributed by atoms with Crippen molar-refractivity contribution in [1.82, 2.24) is 0 Å². The second-order valence-corrected chi connectivity index (χ2v) is 4.37. The Kier molecular flexibility index (Phi) is 4.12. The third-order valence-electron chi connectivity index (χ3n) is 1.87. The molecule has 1 saturated heterocycles. The normalized spacial score (nSPS) is 27.8. The zero-order valence-corrected chi connectivity index (χ0v) is 9.19. The summed E-state index contributed by atoms with van der Waals surface area (Å²) in [6.45, 7) is -0.272. The smallest absolute Gasteiger partial charge is 0.377 e. The summed E-state index contributed by atoms with van der Waals surface area (Å²) in [6, 6.07) is 0. The molecular formula is C7H7BrF6O2.